The molecule has 2 aromatic rings. The zero-order valence-electron chi connectivity index (χ0n) is 13.5. The maximum Gasteiger partial charge on any atom is 0.534 e. The average Bonchev–Trinajstić information content (AvgIpc) is 2.55. The van der Waals surface area contributed by atoms with Gasteiger partial charge in [0.05, 0.1) is 12.7 Å². The van der Waals surface area contributed by atoms with E-state index in [4.69, 9.17) is 14.2 Å². The van der Waals surface area contributed by atoms with Crippen molar-refractivity contribution in [1.82, 2.24) is 0 Å². The molecule has 0 saturated heterocycles. The second kappa shape index (κ2) is 7.06. The zero-order valence-corrected chi connectivity index (χ0v) is 14.3. The van der Waals surface area contributed by atoms with E-state index < -0.39 is 27.7 Å². The van der Waals surface area contributed by atoms with Gasteiger partial charge < -0.3 is 18.4 Å². The van der Waals surface area contributed by atoms with Gasteiger partial charge in [0.25, 0.3) is 0 Å². The molecule has 6 nitrogen and oxygen atoms in total. The Kier molecular flexibility index (Phi) is 5.45. The molecule has 0 N–H and O–H groups in total. The second-order valence-corrected chi connectivity index (χ2v) is 6.40. The monoisotopic (exact) mass is 380 g/mol. The van der Waals surface area contributed by atoms with Crippen molar-refractivity contribution in [3.8, 4) is 11.5 Å². The second-order valence-electron chi connectivity index (χ2n) is 4.86. The smallest absolute Gasteiger partial charge is 0.497 e. The van der Waals surface area contributed by atoms with E-state index in [1.165, 1.54) is 45.6 Å². The van der Waals surface area contributed by atoms with Crippen LogP contribution in [0.1, 0.15) is 11.9 Å². The summed E-state index contributed by atoms with van der Waals surface area (Å²) in [7, 11) is -1.93. The minimum absolute atomic E-state index is 0.00417. The van der Waals surface area contributed by atoms with Crippen LogP contribution in [0.5, 0.6) is 11.5 Å². The lowest BCUT2D eigenvalue weighted by atomic mass is 10.0. The van der Waals surface area contributed by atoms with Crippen LogP contribution in [0, 0.1) is 0 Å². The van der Waals surface area contributed by atoms with Crippen LogP contribution in [0.2, 0.25) is 0 Å². The van der Waals surface area contributed by atoms with Gasteiger partial charge in [-0.05, 0) is 29.7 Å². The third kappa shape index (κ3) is 3.80. The summed E-state index contributed by atoms with van der Waals surface area (Å²) < 4.78 is 80.7. The van der Waals surface area contributed by atoms with E-state index in [0.717, 1.165) is 0 Å². The lowest BCUT2D eigenvalue weighted by Crippen LogP contribution is -2.28. The molecule has 0 radical (unpaired) electrons. The number of hydrogen-bond donors (Lipinski definition) is 0. The summed E-state index contributed by atoms with van der Waals surface area (Å²) >= 11 is 0. The quantitative estimate of drug-likeness (QED) is 0.435. The van der Waals surface area contributed by atoms with Crippen molar-refractivity contribution in [3.63, 3.8) is 0 Å². The van der Waals surface area contributed by atoms with Crippen LogP contribution < -0.4 is 8.92 Å². The Labute approximate surface area is 142 Å². The number of alkyl halides is 3. The normalized spacial score (nSPS) is 12.6. The van der Waals surface area contributed by atoms with Crippen LogP contribution in [0.3, 0.4) is 0 Å². The van der Waals surface area contributed by atoms with Gasteiger partial charge in [-0.25, -0.2) is 0 Å². The number of halogens is 3. The summed E-state index contributed by atoms with van der Waals surface area (Å²) in [6, 6.07) is 7.31. The lowest BCUT2D eigenvalue weighted by molar-refractivity contribution is -0.106. The molecule has 0 unspecified atom stereocenters. The fourth-order valence-electron chi connectivity index (χ4n) is 2.21. The number of ether oxygens (including phenoxy) is 3. The Morgan fingerprint density at radius 1 is 1.00 bits per heavy atom. The van der Waals surface area contributed by atoms with Gasteiger partial charge >= 0.3 is 15.6 Å². The average molecular weight is 380 g/mol. The van der Waals surface area contributed by atoms with Crippen LogP contribution in [0.15, 0.2) is 30.3 Å². The van der Waals surface area contributed by atoms with Crippen LogP contribution in [-0.4, -0.2) is 35.3 Å². The first-order valence-electron chi connectivity index (χ1n) is 6.81. The number of fused-ring (bicyclic) bond motifs is 1. The van der Waals surface area contributed by atoms with Gasteiger partial charge in [-0.3, -0.25) is 0 Å². The first-order valence-corrected chi connectivity index (χ1v) is 8.22. The van der Waals surface area contributed by atoms with E-state index in [0.29, 0.717) is 11.1 Å². The van der Waals surface area contributed by atoms with E-state index >= 15 is 0 Å². The molecule has 2 rings (SSSR count). The number of rotatable bonds is 6. The highest BCUT2D eigenvalue weighted by Crippen LogP contribution is 2.39. The Hall–Kier alpha value is -2.04. The fourth-order valence-corrected chi connectivity index (χ4v) is 2.71. The molecule has 0 heterocycles. The predicted octanol–water partition coefficient (Wildman–Crippen LogP) is 3.37. The van der Waals surface area contributed by atoms with Crippen LogP contribution >= 0.6 is 0 Å². The molecule has 0 bridgehead atoms. The molecule has 10 heteroatoms. The van der Waals surface area contributed by atoms with Crippen molar-refractivity contribution in [2.24, 2.45) is 0 Å². The Morgan fingerprint density at radius 2 is 1.64 bits per heavy atom. The Balaban J connectivity index is 2.73. The van der Waals surface area contributed by atoms with Crippen molar-refractivity contribution in [2.75, 3.05) is 21.3 Å². The molecule has 0 aliphatic carbocycles. The van der Waals surface area contributed by atoms with Gasteiger partial charge in [0, 0.05) is 19.6 Å². The standard InChI is InChI=1S/C15H15F3O6S/c1-21-10-5-7-11-9(8-10)4-6-12(14(22-2)23-3)13(11)24-25(19,20)15(16,17)18/h4-8,14H,1-3H3. The number of hydrogen-bond acceptors (Lipinski definition) is 6. The molecule has 0 atom stereocenters. The largest absolute Gasteiger partial charge is 0.534 e. The zero-order chi connectivity index (χ0) is 18.8. The summed E-state index contributed by atoms with van der Waals surface area (Å²) in [6.45, 7) is 0. The highest BCUT2D eigenvalue weighted by Gasteiger charge is 2.49. The lowest BCUT2D eigenvalue weighted by Gasteiger charge is -2.20. The minimum Gasteiger partial charge on any atom is -0.497 e. The van der Waals surface area contributed by atoms with Gasteiger partial charge in [0.15, 0.2) is 12.0 Å². The molecule has 138 valence electrons. The van der Waals surface area contributed by atoms with Crippen LogP contribution in [0.4, 0.5) is 13.2 Å². The summed E-state index contributed by atoms with van der Waals surface area (Å²) in [6.07, 6.45) is -1.12. The van der Waals surface area contributed by atoms with Crippen molar-refractivity contribution in [2.45, 2.75) is 11.8 Å². The number of methoxy groups -OCH3 is 3. The van der Waals surface area contributed by atoms with Gasteiger partial charge in [-0.2, -0.15) is 21.6 Å². The van der Waals surface area contributed by atoms with E-state index in [9.17, 15) is 21.6 Å². The molecule has 0 aromatic heterocycles. The fraction of sp³-hybridized carbons (Fsp3) is 0.333. The highest BCUT2D eigenvalue weighted by atomic mass is 32.2. The third-order valence-electron chi connectivity index (χ3n) is 3.37. The topological polar surface area (TPSA) is 71.1 Å². The van der Waals surface area contributed by atoms with E-state index in [1.807, 2.05) is 0 Å². The molecule has 0 fully saturated rings. The van der Waals surface area contributed by atoms with Gasteiger partial charge in [0.1, 0.15) is 5.75 Å². The summed E-state index contributed by atoms with van der Waals surface area (Å²) in [5.74, 6) is -0.0777. The molecule has 0 aliphatic rings. The van der Waals surface area contributed by atoms with Gasteiger partial charge in [-0.1, -0.05) is 6.07 Å². The van der Waals surface area contributed by atoms with Gasteiger partial charge in [-0.15, -0.1) is 0 Å². The van der Waals surface area contributed by atoms with Crippen LogP contribution in [-0.2, 0) is 19.6 Å². The van der Waals surface area contributed by atoms with Crippen molar-refractivity contribution in [1.29, 1.82) is 0 Å². The molecular formula is C15H15F3O6S. The molecule has 0 amide bonds. The molecule has 25 heavy (non-hydrogen) atoms. The SMILES string of the molecule is COc1ccc2c(OS(=O)(=O)C(F)(F)F)c(C(OC)OC)ccc2c1. The maximum absolute atomic E-state index is 12.7. The predicted molar refractivity (Wildman–Crippen MR) is 82.9 cm³/mol. The molecule has 2 aromatic carbocycles. The first-order chi connectivity index (χ1) is 11.6. The summed E-state index contributed by atoms with van der Waals surface area (Å²) in [4.78, 5) is 0. The Morgan fingerprint density at radius 3 is 2.16 bits per heavy atom. The third-order valence-corrected chi connectivity index (χ3v) is 4.32. The summed E-state index contributed by atoms with van der Waals surface area (Å²) in [5.41, 5.74) is -5.58. The van der Waals surface area contributed by atoms with Crippen molar-refractivity contribution < 1.29 is 40.0 Å². The molecular weight excluding hydrogens is 365 g/mol. The number of benzene rings is 2. The molecule has 0 saturated carbocycles. The van der Waals surface area contributed by atoms with E-state index in [2.05, 4.69) is 4.18 Å². The Bertz CT molecular complexity index is 859. The van der Waals surface area contributed by atoms with E-state index in [1.54, 1.807) is 6.07 Å². The van der Waals surface area contributed by atoms with Crippen LogP contribution in [0.25, 0.3) is 10.8 Å². The van der Waals surface area contributed by atoms with Crippen molar-refractivity contribution in [3.05, 3.63) is 35.9 Å². The van der Waals surface area contributed by atoms with E-state index in [-0.39, 0.29) is 10.9 Å². The molecule has 0 aliphatic heterocycles. The van der Waals surface area contributed by atoms with Crippen molar-refractivity contribution >= 4 is 20.9 Å². The summed E-state index contributed by atoms with van der Waals surface area (Å²) in [5, 5.41) is 0.548. The first kappa shape index (κ1) is 19.3. The molecule has 0 spiro atoms. The minimum atomic E-state index is -5.87. The van der Waals surface area contributed by atoms with Gasteiger partial charge in [0.2, 0.25) is 0 Å². The maximum atomic E-state index is 12.7. The highest BCUT2D eigenvalue weighted by molar-refractivity contribution is 7.88.